The normalized spacial score (nSPS) is 15.0. The van der Waals surface area contributed by atoms with Gasteiger partial charge in [0.2, 0.25) is 5.91 Å². The molecule has 1 fully saturated rings. The smallest absolute Gasteiger partial charge is 0.409 e. The van der Waals surface area contributed by atoms with Crippen molar-refractivity contribution in [1.29, 1.82) is 0 Å². The highest BCUT2D eigenvalue weighted by Crippen LogP contribution is 2.23. The zero-order valence-corrected chi connectivity index (χ0v) is 19.4. The van der Waals surface area contributed by atoms with Gasteiger partial charge in [-0.3, -0.25) is 14.3 Å². The van der Waals surface area contributed by atoms with Gasteiger partial charge < -0.3 is 19.9 Å². The standard InChI is InChI=1S/C21H29N5O4S/c1-6-30-21(29)25-9-7-24(8-10-25)20(28)15(4)26-12-17(14(3)23-26)22-19(27)18-11-13(2)16(5)31-18/h11-12,15H,6-10H2,1-5H3,(H,22,27)/t15-/m0/s1. The molecule has 2 aromatic rings. The summed E-state index contributed by atoms with van der Waals surface area (Å²) in [6, 6.07) is 1.35. The summed E-state index contributed by atoms with van der Waals surface area (Å²) in [6.07, 6.45) is 1.35. The summed E-state index contributed by atoms with van der Waals surface area (Å²) in [5, 5.41) is 7.33. The average Bonchev–Trinajstić information content (AvgIpc) is 3.29. The number of carbonyl (C=O) groups is 3. The summed E-state index contributed by atoms with van der Waals surface area (Å²) in [7, 11) is 0. The van der Waals surface area contributed by atoms with Crippen molar-refractivity contribution in [3.05, 3.63) is 33.3 Å². The first-order valence-corrected chi connectivity index (χ1v) is 11.2. The molecule has 0 aromatic carbocycles. The number of nitrogens with zero attached hydrogens (tertiary/aromatic N) is 4. The highest BCUT2D eigenvalue weighted by Gasteiger charge is 2.29. The number of carbonyl (C=O) groups excluding carboxylic acids is 3. The summed E-state index contributed by atoms with van der Waals surface area (Å²) in [5.41, 5.74) is 2.32. The predicted octanol–water partition coefficient (Wildman–Crippen LogP) is 2.98. The average molecular weight is 448 g/mol. The number of aryl methyl sites for hydroxylation is 3. The maximum absolute atomic E-state index is 12.9. The fourth-order valence-electron chi connectivity index (χ4n) is 3.37. The number of thiophene rings is 1. The molecule has 0 saturated carbocycles. The lowest BCUT2D eigenvalue weighted by Gasteiger charge is -2.35. The van der Waals surface area contributed by atoms with Gasteiger partial charge in [-0.1, -0.05) is 0 Å². The van der Waals surface area contributed by atoms with Crippen molar-refractivity contribution in [2.45, 2.75) is 40.7 Å². The molecule has 0 unspecified atom stereocenters. The molecule has 1 saturated heterocycles. The first kappa shape index (κ1) is 22.8. The Morgan fingerprint density at radius 3 is 2.39 bits per heavy atom. The lowest BCUT2D eigenvalue weighted by Crippen LogP contribution is -2.52. The molecule has 2 aromatic heterocycles. The Labute approximate surface area is 186 Å². The van der Waals surface area contributed by atoms with Crippen LogP contribution in [0.15, 0.2) is 12.3 Å². The number of nitrogens with one attached hydrogen (secondary N) is 1. The van der Waals surface area contributed by atoms with Gasteiger partial charge in [0.25, 0.3) is 5.91 Å². The van der Waals surface area contributed by atoms with Crippen LogP contribution >= 0.6 is 11.3 Å². The van der Waals surface area contributed by atoms with E-state index in [9.17, 15) is 14.4 Å². The highest BCUT2D eigenvalue weighted by atomic mass is 32.1. The van der Waals surface area contributed by atoms with Gasteiger partial charge in [-0.15, -0.1) is 11.3 Å². The number of aromatic nitrogens is 2. The lowest BCUT2D eigenvalue weighted by molar-refractivity contribution is -0.136. The van der Waals surface area contributed by atoms with Crippen LogP contribution in [0.1, 0.15) is 45.7 Å². The SMILES string of the molecule is CCOC(=O)N1CCN(C(=O)[C@H](C)n2cc(NC(=O)c3cc(C)c(C)s3)c(C)n2)CC1. The molecular formula is C21H29N5O4S. The Balaban J connectivity index is 1.62. The molecule has 168 valence electrons. The molecule has 31 heavy (non-hydrogen) atoms. The molecule has 3 heterocycles. The number of anilines is 1. The molecule has 1 aliphatic rings. The minimum atomic E-state index is -0.523. The van der Waals surface area contributed by atoms with E-state index in [0.717, 1.165) is 10.4 Å². The van der Waals surface area contributed by atoms with E-state index < -0.39 is 6.04 Å². The molecule has 1 atom stereocenters. The zero-order valence-electron chi connectivity index (χ0n) is 18.6. The fraction of sp³-hybridized carbons (Fsp3) is 0.524. The molecule has 1 N–H and O–H groups in total. The Morgan fingerprint density at radius 2 is 1.81 bits per heavy atom. The van der Waals surface area contributed by atoms with Gasteiger partial charge in [-0.2, -0.15) is 5.10 Å². The van der Waals surface area contributed by atoms with Crippen LogP contribution in [0.3, 0.4) is 0 Å². The maximum atomic E-state index is 12.9. The van der Waals surface area contributed by atoms with Gasteiger partial charge in [0.1, 0.15) is 6.04 Å². The molecule has 0 spiro atoms. The van der Waals surface area contributed by atoms with Crippen LogP contribution in [0.4, 0.5) is 10.5 Å². The van der Waals surface area contributed by atoms with E-state index in [0.29, 0.717) is 49.0 Å². The van der Waals surface area contributed by atoms with Crippen molar-refractivity contribution in [3.8, 4) is 0 Å². The quantitative estimate of drug-likeness (QED) is 0.760. The van der Waals surface area contributed by atoms with Gasteiger partial charge >= 0.3 is 6.09 Å². The Bertz CT molecular complexity index is 955. The predicted molar refractivity (Wildman–Crippen MR) is 119 cm³/mol. The maximum Gasteiger partial charge on any atom is 0.409 e. The minimum absolute atomic E-state index is 0.0756. The number of rotatable bonds is 5. The monoisotopic (exact) mass is 447 g/mol. The first-order valence-electron chi connectivity index (χ1n) is 10.4. The third-order valence-electron chi connectivity index (χ3n) is 5.43. The number of ether oxygens (including phenoxy) is 1. The van der Waals surface area contributed by atoms with Crippen molar-refractivity contribution in [2.24, 2.45) is 0 Å². The van der Waals surface area contributed by atoms with Crippen LogP contribution in [0.2, 0.25) is 0 Å². The summed E-state index contributed by atoms with van der Waals surface area (Å²) < 4.78 is 6.60. The highest BCUT2D eigenvalue weighted by molar-refractivity contribution is 7.14. The molecule has 1 aliphatic heterocycles. The number of hydrogen-bond acceptors (Lipinski definition) is 6. The summed E-state index contributed by atoms with van der Waals surface area (Å²) in [5.74, 6) is -0.258. The molecule has 3 amide bonds. The van der Waals surface area contributed by atoms with E-state index in [-0.39, 0.29) is 17.9 Å². The van der Waals surface area contributed by atoms with Gasteiger partial charge in [0, 0.05) is 37.3 Å². The van der Waals surface area contributed by atoms with E-state index in [1.807, 2.05) is 19.9 Å². The van der Waals surface area contributed by atoms with E-state index in [1.165, 1.54) is 11.3 Å². The van der Waals surface area contributed by atoms with Gasteiger partial charge in [-0.05, 0) is 46.2 Å². The Kier molecular flexibility index (Phi) is 6.99. The van der Waals surface area contributed by atoms with Crippen LogP contribution in [0.5, 0.6) is 0 Å². The second-order valence-corrected chi connectivity index (χ2v) is 8.86. The number of amides is 3. The minimum Gasteiger partial charge on any atom is -0.450 e. The van der Waals surface area contributed by atoms with Crippen molar-refractivity contribution in [2.75, 3.05) is 38.1 Å². The van der Waals surface area contributed by atoms with Crippen LogP contribution < -0.4 is 5.32 Å². The van der Waals surface area contributed by atoms with Crippen molar-refractivity contribution >= 4 is 34.9 Å². The number of piperazine rings is 1. The second-order valence-electron chi connectivity index (χ2n) is 7.60. The first-order chi connectivity index (χ1) is 14.7. The van der Waals surface area contributed by atoms with Gasteiger partial charge in [-0.25, -0.2) is 4.79 Å². The van der Waals surface area contributed by atoms with Crippen molar-refractivity contribution in [1.82, 2.24) is 19.6 Å². The van der Waals surface area contributed by atoms with Crippen LogP contribution in [-0.4, -0.2) is 70.3 Å². The van der Waals surface area contributed by atoms with Crippen molar-refractivity contribution in [3.63, 3.8) is 0 Å². The lowest BCUT2D eigenvalue weighted by atomic mass is 10.2. The Hall–Kier alpha value is -2.88. The van der Waals surface area contributed by atoms with E-state index in [1.54, 1.807) is 41.4 Å². The molecule has 10 heteroatoms. The molecule has 0 bridgehead atoms. The molecule has 3 rings (SSSR count). The topological polar surface area (TPSA) is 96.8 Å². The third-order valence-corrected chi connectivity index (χ3v) is 6.58. The van der Waals surface area contributed by atoms with Gasteiger partial charge in [0.15, 0.2) is 0 Å². The van der Waals surface area contributed by atoms with E-state index in [2.05, 4.69) is 10.4 Å². The summed E-state index contributed by atoms with van der Waals surface area (Å²) >= 11 is 1.45. The summed E-state index contributed by atoms with van der Waals surface area (Å²) in [6.45, 7) is 11.4. The van der Waals surface area contributed by atoms with Crippen LogP contribution in [0.25, 0.3) is 0 Å². The fourth-order valence-corrected chi connectivity index (χ4v) is 4.30. The molecule has 9 nitrogen and oxygen atoms in total. The molecule has 0 radical (unpaired) electrons. The van der Waals surface area contributed by atoms with Crippen LogP contribution in [0, 0.1) is 20.8 Å². The zero-order chi connectivity index (χ0) is 22.7. The third kappa shape index (κ3) is 5.07. The summed E-state index contributed by atoms with van der Waals surface area (Å²) in [4.78, 5) is 42.4. The second kappa shape index (κ2) is 9.51. The molecule has 0 aliphatic carbocycles. The number of hydrogen-bond donors (Lipinski definition) is 1. The van der Waals surface area contributed by atoms with Gasteiger partial charge in [0.05, 0.1) is 22.9 Å². The largest absolute Gasteiger partial charge is 0.450 e. The Morgan fingerprint density at radius 1 is 1.16 bits per heavy atom. The van der Waals surface area contributed by atoms with E-state index >= 15 is 0 Å². The molecular weight excluding hydrogens is 418 g/mol. The van der Waals surface area contributed by atoms with E-state index in [4.69, 9.17) is 4.74 Å². The van der Waals surface area contributed by atoms with Crippen molar-refractivity contribution < 1.29 is 19.1 Å². The van der Waals surface area contributed by atoms with Crippen LogP contribution in [-0.2, 0) is 9.53 Å².